The summed E-state index contributed by atoms with van der Waals surface area (Å²) in [5, 5.41) is 103. The van der Waals surface area contributed by atoms with Gasteiger partial charge in [0.2, 0.25) is 0 Å². The van der Waals surface area contributed by atoms with Crippen LogP contribution in [0.25, 0.3) is 0 Å². The largest absolute Gasteiger partial charge is 1.00 e. The summed E-state index contributed by atoms with van der Waals surface area (Å²) in [6.45, 7) is 2.97. The average molecular weight is 861 g/mol. The maximum Gasteiger partial charge on any atom is 1.00 e. The van der Waals surface area contributed by atoms with Gasteiger partial charge in [0.15, 0.2) is 18.9 Å². The molecule has 0 aliphatic carbocycles. The van der Waals surface area contributed by atoms with Gasteiger partial charge in [-0.05, 0) is 30.8 Å². The van der Waals surface area contributed by atoms with Crippen molar-refractivity contribution in [1.29, 1.82) is 0 Å². The van der Waals surface area contributed by atoms with Crippen molar-refractivity contribution in [2.45, 2.75) is 168 Å². The molecule has 3 rings (SSSR count). The Hall–Kier alpha value is 1.36. The van der Waals surface area contributed by atoms with Crippen LogP contribution in [-0.2, 0) is 28.4 Å². The van der Waals surface area contributed by atoms with E-state index >= 15 is 0 Å². The van der Waals surface area contributed by atoms with Gasteiger partial charge in [-0.15, -0.1) is 0 Å². The van der Waals surface area contributed by atoms with E-state index in [1.807, 2.05) is 11.8 Å². The molecule has 3 aliphatic rings. The van der Waals surface area contributed by atoms with Gasteiger partial charge < -0.3 is 80.9 Å². The Bertz CT molecular complexity index is 978. The van der Waals surface area contributed by atoms with Crippen LogP contribution >= 0.6 is 11.8 Å². The average Bonchev–Trinajstić information content (AvgIpc) is 3.14. The molecular formula is C33H69NaO16SSi3. The molecule has 3 saturated heterocycles. The Morgan fingerprint density at radius 2 is 1.02 bits per heavy atom. The molecule has 0 spiro atoms. The summed E-state index contributed by atoms with van der Waals surface area (Å²) >= 11 is 1.94. The minimum Gasteiger partial charge on any atom is -1.00 e. The Labute approximate surface area is 353 Å². The summed E-state index contributed by atoms with van der Waals surface area (Å²) in [5.74, 6) is 2.17. The Kier molecular flexibility index (Phi) is 26.7. The van der Waals surface area contributed by atoms with Crippen molar-refractivity contribution < 1.29 is 110 Å². The quantitative estimate of drug-likeness (QED) is 0.0303. The van der Waals surface area contributed by atoms with Crippen molar-refractivity contribution in [2.75, 3.05) is 37.9 Å². The zero-order chi connectivity index (χ0) is 38.9. The molecule has 0 bridgehead atoms. The summed E-state index contributed by atoms with van der Waals surface area (Å²) in [7, 11) is -0.0748. The normalized spacial score (nSPS) is 37.8. The Morgan fingerprint density at radius 1 is 0.556 bits per heavy atom. The monoisotopic (exact) mass is 860 g/mol. The molecule has 6 unspecified atom stereocenters. The van der Waals surface area contributed by atoms with Crippen LogP contribution < -0.4 is 29.6 Å². The van der Waals surface area contributed by atoms with E-state index in [4.69, 9.17) is 28.4 Å². The smallest absolute Gasteiger partial charge is 1.00 e. The zero-order valence-electron chi connectivity index (χ0n) is 33.3. The van der Waals surface area contributed by atoms with Gasteiger partial charge in [-0.1, -0.05) is 56.2 Å². The number of rotatable bonds is 25. The fourth-order valence-electron chi connectivity index (χ4n) is 6.78. The van der Waals surface area contributed by atoms with E-state index in [-0.39, 0.29) is 65.4 Å². The van der Waals surface area contributed by atoms with Gasteiger partial charge in [0, 0.05) is 34.4 Å². The summed E-state index contributed by atoms with van der Waals surface area (Å²) in [4.78, 5) is 0. The number of thioether (sulfide) groups is 1. The van der Waals surface area contributed by atoms with Gasteiger partial charge in [0.25, 0.3) is 0 Å². The van der Waals surface area contributed by atoms with Crippen LogP contribution in [0.15, 0.2) is 0 Å². The molecule has 3 fully saturated rings. The van der Waals surface area contributed by atoms with Crippen molar-refractivity contribution in [3.8, 4) is 0 Å². The molecule has 0 saturated carbocycles. The number of aliphatic hydroxyl groups is 10. The fourth-order valence-corrected chi connectivity index (χ4v) is 13.9. The van der Waals surface area contributed by atoms with E-state index in [1.54, 1.807) is 6.04 Å². The van der Waals surface area contributed by atoms with E-state index in [2.05, 4.69) is 13.1 Å². The summed E-state index contributed by atoms with van der Waals surface area (Å²) in [5.41, 5.74) is 0. The molecule has 0 aromatic rings. The molecule has 21 heteroatoms. The minimum absolute atomic E-state index is 0. The number of ether oxygens (including phenoxy) is 6. The maximum absolute atomic E-state index is 10.9. The predicted molar refractivity (Wildman–Crippen MR) is 207 cm³/mol. The van der Waals surface area contributed by atoms with Crippen molar-refractivity contribution >= 4 is 39.6 Å². The minimum atomic E-state index is -1.88. The second-order valence-corrected chi connectivity index (χ2v) is 23.7. The Balaban J connectivity index is 0.00000756. The van der Waals surface area contributed by atoms with Crippen LogP contribution in [0.4, 0.5) is 0 Å². The SMILES string of the molecule is C[SiH](C)CCC[SiH2]CCC[SiH2]CCCSCCCCO[C@@H]1O[C@@H](CO)[C@@H](O[C@@H]2OC(CO)[C@H](O[C@H]3OC(CO)[C@H](O)[C@H](O)C3O)[C@H](O)C2O)C(O)C1O.[H-].[Na+]. The second-order valence-electron chi connectivity index (χ2n) is 14.9. The first-order valence-corrected chi connectivity index (χ1v) is 27.8. The molecule has 0 radical (unpaired) electrons. The molecule has 0 amide bonds. The third-order valence-electron chi connectivity index (χ3n) is 10.1. The van der Waals surface area contributed by atoms with Gasteiger partial charge in [-0.3, -0.25) is 0 Å². The van der Waals surface area contributed by atoms with Crippen LogP contribution in [0.2, 0.25) is 43.3 Å². The van der Waals surface area contributed by atoms with Gasteiger partial charge in [-0.2, -0.15) is 11.8 Å². The molecule has 3 aliphatic heterocycles. The molecule has 54 heavy (non-hydrogen) atoms. The third-order valence-corrected chi connectivity index (χ3v) is 16.8. The van der Waals surface area contributed by atoms with Crippen LogP contribution in [0.3, 0.4) is 0 Å². The Morgan fingerprint density at radius 3 is 1.57 bits per heavy atom. The van der Waals surface area contributed by atoms with Gasteiger partial charge in [-0.25, -0.2) is 0 Å². The van der Waals surface area contributed by atoms with Crippen molar-refractivity contribution in [3.05, 3.63) is 0 Å². The van der Waals surface area contributed by atoms with Crippen molar-refractivity contribution in [3.63, 3.8) is 0 Å². The van der Waals surface area contributed by atoms with Gasteiger partial charge >= 0.3 is 29.6 Å². The summed E-state index contributed by atoms with van der Waals surface area (Å²) in [6, 6.07) is 7.52. The van der Waals surface area contributed by atoms with Gasteiger partial charge in [0.1, 0.15) is 73.2 Å². The second kappa shape index (κ2) is 28.0. The first-order chi connectivity index (χ1) is 25.4. The van der Waals surface area contributed by atoms with E-state index in [9.17, 15) is 51.1 Å². The van der Waals surface area contributed by atoms with Crippen LogP contribution in [0, 0.1) is 0 Å². The standard InChI is InChI=1S/C33H68O16SSi3.Na.H/c1-53(2)15-7-14-52-13-6-12-51-11-5-10-50-9-4-3-8-44-31-27(42)24(39)29(20(17-35)46-31)49-33-28(43)25(40)30(21(18-36)47-33)48-32-26(41)23(38)22(37)19(16-34)45-32;;/h19-43,53H,3-18,51-52H2,1-2H3;;/q;+1;-1/t19?,20-,21?,22-,23-,24?,25+,26?,27?,28?,29+,30-,31+,32+,33-;;/m0../s1. The first-order valence-electron chi connectivity index (χ1n) is 19.5. The van der Waals surface area contributed by atoms with Crippen molar-refractivity contribution in [2.24, 2.45) is 0 Å². The topological polar surface area (TPSA) is 258 Å². The van der Waals surface area contributed by atoms with Crippen LogP contribution in [0.1, 0.15) is 33.5 Å². The molecule has 316 valence electrons. The fraction of sp³-hybridized carbons (Fsp3) is 1.00. The zero-order valence-corrected chi connectivity index (χ0v) is 39.1. The molecule has 0 aromatic carbocycles. The number of aliphatic hydroxyl groups excluding tert-OH is 10. The van der Waals surface area contributed by atoms with E-state index < -0.39 is 112 Å². The van der Waals surface area contributed by atoms with Gasteiger partial charge in [0.05, 0.1) is 19.8 Å². The van der Waals surface area contributed by atoms with E-state index in [1.165, 1.54) is 49.2 Å². The molecule has 10 N–H and O–H groups in total. The number of hydrogen-bond donors (Lipinski definition) is 10. The van der Waals surface area contributed by atoms with E-state index in [0.29, 0.717) is 6.42 Å². The van der Waals surface area contributed by atoms with Crippen LogP contribution in [0.5, 0.6) is 0 Å². The third kappa shape index (κ3) is 16.1. The molecule has 3 heterocycles. The molecule has 15 atom stereocenters. The summed E-state index contributed by atoms with van der Waals surface area (Å²) in [6.07, 6.45) is -18.0. The number of unbranched alkanes of at least 4 members (excludes halogenated alkanes) is 1. The molecule has 0 aromatic heterocycles. The summed E-state index contributed by atoms with van der Waals surface area (Å²) < 4.78 is 33.6. The molecular weight excluding hydrogens is 792 g/mol. The maximum atomic E-state index is 10.9. The van der Waals surface area contributed by atoms with Crippen molar-refractivity contribution in [1.82, 2.24) is 0 Å². The first kappa shape index (κ1) is 51.5. The number of hydrogen-bond acceptors (Lipinski definition) is 17. The molecule has 16 nitrogen and oxygen atoms in total. The van der Waals surface area contributed by atoms with Crippen LogP contribution in [-0.4, -0.2) is 209 Å². The predicted octanol–water partition coefficient (Wildman–Crippen LogP) is -6.25. The van der Waals surface area contributed by atoms with E-state index in [0.717, 1.165) is 12.2 Å².